The number of carbonyl (C=O) groups is 1. The van der Waals surface area contributed by atoms with E-state index in [1.54, 1.807) is 25.1 Å². The van der Waals surface area contributed by atoms with Crippen molar-refractivity contribution in [3.8, 4) is 11.5 Å². The summed E-state index contributed by atoms with van der Waals surface area (Å²) in [5.74, 6) is 0.396. The number of nitrogens with zero attached hydrogens (tertiary/aromatic N) is 2. The largest absolute Gasteiger partial charge is 0.490 e. The van der Waals surface area contributed by atoms with E-state index in [1.165, 1.54) is 6.08 Å². The molecule has 0 unspecified atom stereocenters. The summed E-state index contributed by atoms with van der Waals surface area (Å²) in [6.07, 6.45) is 1.53. The third kappa shape index (κ3) is 5.53. The molecule has 0 amide bonds. The van der Waals surface area contributed by atoms with Gasteiger partial charge in [-0.3, -0.25) is 0 Å². The second-order valence-electron chi connectivity index (χ2n) is 7.07. The SMILES string of the molecule is CCOc1cc(/C=C(\Sc2nnc(C)o2)C(=O)O)ccc1OCc1cccc2ccccc12. The fourth-order valence-electron chi connectivity index (χ4n) is 3.28. The maximum Gasteiger partial charge on any atom is 0.342 e. The lowest BCUT2D eigenvalue weighted by molar-refractivity contribution is -0.131. The predicted molar refractivity (Wildman–Crippen MR) is 126 cm³/mol. The Balaban J connectivity index is 1.57. The molecule has 0 atom stereocenters. The van der Waals surface area contributed by atoms with Crippen LogP contribution in [0.2, 0.25) is 0 Å². The zero-order chi connectivity index (χ0) is 23.2. The molecule has 0 aliphatic rings. The van der Waals surface area contributed by atoms with Gasteiger partial charge in [-0.25, -0.2) is 4.79 Å². The van der Waals surface area contributed by atoms with Crippen LogP contribution in [-0.2, 0) is 11.4 Å². The normalized spacial score (nSPS) is 11.5. The standard InChI is InChI=1S/C25H22N2O5S/c1-3-30-22-13-17(14-23(24(28)29)33-25-27-26-16(2)32-25)11-12-21(22)31-15-19-9-6-8-18-7-4-5-10-20(18)19/h4-14H,3,15H2,1-2H3,(H,28,29)/b23-14-. The van der Waals surface area contributed by atoms with Crippen molar-refractivity contribution in [3.63, 3.8) is 0 Å². The van der Waals surface area contributed by atoms with Crippen LogP contribution in [0.15, 0.2) is 75.2 Å². The topological polar surface area (TPSA) is 94.7 Å². The van der Waals surface area contributed by atoms with Crippen molar-refractivity contribution in [2.45, 2.75) is 25.7 Å². The quantitative estimate of drug-likeness (QED) is 0.249. The third-order valence-corrected chi connectivity index (χ3v) is 5.60. The summed E-state index contributed by atoms with van der Waals surface area (Å²) in [7, 11) is 0. The molecule has 1 heterocycles. The molecule has 1 N–H and O–H groups in total. The monoisotopic (exact) mass is 462 g/mol. The summed E-state index contributed by atoms with van der Waals surface area (Å²) < 4.78 is 17.1. The van der Waals surface area contributed by atoms with Gasteiger partial charge in [0.05, 0.1) is 6.61 Å². The Morgan fingerprint density at radius 2 is 1.88 bits per heavy atom. The molecule has 4 aromatic rings. The Bertz CT molecular complexity index is 1310. The molecular formula is C25H22N2O5S. The number of hydrogen-bond acceptors (Lipinski definition) is 7. The molecule has 0 saturated heterocycles. The smallest absolute Gasteiger partial charge is 0.342 e. The van der Waals surface area contributed by atoms with Crippen LogP contribution in [-0.4, -0.2) is 27.9 Å². The molecule has 168 valence electrons. The van der Waals surface area contributed by atoms with Crippen LogP contribution in [0, 0.1) is 6.92 Å². The molecule has 4 rings (SSSR count). The lowest BCUT2D eigenvalue weighted by Gasteiger charge is -2.14. The zero-order valence-electron chi connectivity index (χ0n) is 18.1. The van der Waals surface area contributed by atoms with E-state index >= 15 is 0 Å². The first kappa shape index (κ1) is 22.4. The molecular weight excluding hydrogens is 440 g/mol. The highest BCUT2D eigenvalue weighted by Gasteiger charge is 2.15. The Morgan fingerprint density at radius 1 is 1.06 bits per heavy atom. The highest BCUT2D eigenvalue weighted by atomic mass is 32.2. The molecule has 0 saturated carbocycles. The van der Waals surface area contributed by atoms with Crippen molar-refractivity contribution in [1.29, 1.82) is 0 Å². The number of carboxylic acid groups (broad SMARTS) is 1. The molecule has 0 bridgehead atoms. The first-order chi connectivity index (χ1) is 16.0. The highest BCUT2D eigenvalue weighted by Crippen LogP contribution is 2.33. The number of rotatable bonds is 9. The van der Waals surface area contributed by atoms with Gasteiger partial charge in [0.2, 0.25) is 5.89 Å². The van der Waals surface area contributed by atoms with Crippen molar-refractivity contribution in [2.75, 3.05) is 6.61 Å². The molecule has 0 radical (unpaired) electrons. The Hall–Kier alpha value is -3.78. The van der Waals surface area contributed by atoms with Crippen molar-refractivity contribution in [3.05, 3.63) is 82.6 Å². The zero-order valence-corrected chi connectivity index (χ0v) is 19.0. The molecule has 0 spiro atoms. The summed E-state index contributed by atoms with van der Waals surface area (Å²) in [6, 6.07) is 19.6. The van der Waals surface area contributed by atoms with Gasteiger partial charge in [-0.05, 0) is 58.8 Å². The van der Waals surface area contributed by atoms with E-state index < -0.39 is 5.97 Å². The summed E-state index contributed by atoms with van der Waals surface area (Å²) >= 11 is 0.894. The van der Waals surface area contributed by atoms with Gasteiger partial charge in [0.25, 0.3) is 5.22 Å². The number of thioether (sulfide) groups is 1. The van der Waals surface area contributed by atoms with Crippen LogP contribution < -0.4 is 9.47 Å². The number of hydrogen-bond donors (Lipinski definition) is 1. The average molecular weight is 463 g/mol. The van der Waals surface area contributed by atoms with Crippen molar-refractivity contribution >= 4 is 34.6 Å². The minimum absolute atomic E-state index is 0.0468. The number of fused-ring (bicyclic) bond motifs is 1. The van der Waals surface area contributed by atoms with Gasteiger partial charge < -0.3 is 19.0 Å². The van der Waals surface area contributed by atoms with Gasteiger partial charge in [-0.2, -0.15) is 0 Å². The summed E-state index contributed by atoms with van der Waals surface area (Å²) in [6.45, 7) is 4.35. The summed E-state index contributed by atoms with van der Waals surface area (Å²) in [5.41, 5.74) is 1.72. The van der Waals surface area contributed by atoms with Crippen LogP contribution in [0.5, 0.6) is 11.5 Å². The minimum Gasteiger partial charge on any atom is -0.490 e. The predicted octanol–water partition coefficient (Wildman–Crippen LogP) is 5.73. The van der Waals surface area contributed by atoms with Crippen LogP contribution in [0.1, 0.15) is 23.9 Å². The first-order valence-corrected chi connectivity index (χ1v) is 11.1. The van der Waals surface area contributed by atoms with E-state index in [0.717, 1.165) is 28.1 Å². The molecule has 33 heavy (non-hydrogen) atoms. The fraction of sp³-hybridized carbons (Fsp3) is 0.160. The number of benzene rings is 3. The number of aliphatic carboxylic acids is 1. The Kier molecular flexibility index (Phi) is 6.95. The number of carboxylic acids is 1. The second kappa shape index (κ2) is 10.2. The number of aromatic nitrogens is 2. The van der Waals surface area contributed by atoms with Gasteiger partial charge in [0, 0.05) is 6.92 Å². The van der Waals surface area contributed by atoms with E-state index in [0.29, 0.717) is 36.2 Å². The van der Waals surface area contributed by atoms with Crippen molar-refractivity contribution in [1.82, 2.24) is 10.2 Å². The lowest BCUT2D eigenvalue weighted by atomic mass is 10.1. The van der Waals surface area contributed by atoms with E-state index in [1.807, 2.05) is 31.2 Å². The maximum atomic E-state index is 11.7. The first-order valence-electron chi connectivity index (χ1n) is 10.3. The van der Waals surface area contributed by atoms with E-state index in [9.17, 15) is 9.90 Å². The molecule has 0 fully saturated rings. The van der Waals surface area contributed by atoms with E-state index in [2.05, 4.69) is 28.4 Å². The lowest BCUT2D eigenvalue weighted by Crippen LogP contribution is -2.01. The minimum atomic E-state index is -1.09. The average Bonchev–Trinajstić information content (AvgIpc) is 3.23. The van der Waals surface area contributed by atoms with E-state index in [4.69, 9.17) is 13.9 Å². The van der Waals surface area contributed by atoms with Crippen LogP contribution >= 0.6 is 11.8 Å². The molecule has 0 aliphatic heterocycles. The van der Waals surface area contributed by atoms with Crippen molar-refractivity contribution < 1.29 is 23.8 Å². The van der Waals surface area contributed by atoms with Crippen molar-refractivity contribution in [2.24, 2.45) is 0 Å². The second-order valence-corrected chi connectivity index (χ2v) is 8.06. The number of aryl methyl sites for hydroxylation is 1. The fourth-order valence-corrected chi connectivity index (χ4v) is 3.99. The molecule has 8 heteroatoms. The van der Waals surface area contributed by atoms with Crippen LogP contribution in [0.3, 0.4) is 0 Å². The van der Waals surface area contributed by atoms with Crippen LogP contribution in [0.25, 0.3) is 16.8 Å². The maximum absolute atomic E-state index is 11.7. The highest BCUT2D eigenvalue weighted by molar-refractivity contribution is 8.03. The third-order valence-electron chi connectivity index (χ3n) is 4.74. The summed E-state index contributed by atoms with van der Waals surface area (Å²) in [5, 5.41) is 19.6. The number of ether oxygens (including phenoxy) is 2. The van der Waals surface area contributed by atoms with Gasteiger partial charge in [0.1, 0.15) is 11.5 Å². The van der Waals surface area contributed by atoms with Crippen LogP contribution in [0.4, 0.5) is 0 Å². The van der Waals surface area contributed by atoms with Gasteiger partial charge >= 0.3 is 5.97 Å². The Labute approximate surface area is 195 Å². The van der Waals surface area contributed by atoms with Gasteiger partial charge in [0.15, 0.2) is 11.5 Å². The van der Waals surface area contributed by atoms with Gasteiger partial charge in [-0.15, -0.1) is 10.2 Å². The molecule has 7 nitrogen and oxygen atoms in total. The molecule has 1 aromatic heterocycles. The summed E-state index contributed by atoms with van der Waals surface area (Å²) in [4.78, 5) is 11.8. The molecule has 0 aliphatic carbocycles. The molecule has 3 aromatic carbocycles. The Morgan fingerprint density at radius 3 is 2.64 bits per heavy atom. The van der Waals surface area contributed by atoms with Gasteiger partial charge in [-0.1, -0.05) is 48.5 Å². The van der Waals surface area contributed by atoms with E-state index in [-0.39, 0.29) is 10.1 Å².